The monoisotopic (exact) mass is 252 g/mol. The van der Waals surface area contributed by atoms with Crippen LogP contribution in [0.1, 0.15) is 48.5 Å². The van der Waals surface area contributed by atoms with Crippen molar-refractivity contribution in [2.24, 2.45) is 0 Å². The van der Waals surface area contributed by atoms with Gasteiger partial charge in [0.05, 0.1) is 0 Å². The van der Waals surface area contributed by atoms with E-state index in [4.69, 9.17) is 0 Å². The SMILES string of the molecule is CC(=O)C1=CC(P(C(C)(C)C)C(C)(C)C)C=C1. The summed E-state index contributed by atoms with van der Waals surface area (Å²) in [7, 11) is -0.211. The fraction of sp³-hybridized carbons (Fsp3) is 0.667. The van der Waals surface area contributed by atoms with E-state index in [0.717, 1.165) is 5.57 Å². The molecule has 1 unspecified atom stereocenters. The minimum atomic E-state index is -0.211. The van der Waals surface area contributed by atoms with Crippen molar-refractivity contribution in [2.75, 3.05) is 0 Å². The van der Waals surface area contributed by atoms with Gasteiger partial charge < -0.3 is 0 Å². The Hall–Kier alpha value is -0.420. The molecule has 0 bridgehead atoms. The third-order valence-electron chi connectivity index (χ3n) is 2.97. The lowest BCUT2D eigenvalue weighted by Crippen LogP contribution is -2.29. The van der Waals surface area contributed by atoms with Crippen molar-refractivity contribution >= 4 is 13.7 Å². The van der Waals surface area contributed by atoms with Crippen molar-refractivity contribution in [3.8, 4) is 0 Å². The lowest BCUT2D eigenvalue weighted by molar-refractivity contribution is -0.113. The minimum Gasteiger partial charge on any atom is -0.295 e. The van der Waals surface area contributed by atoms with E-state index in [1.54, 1.807) is 6.92 Å². The number of hydrogen-bond donors (Lipinski definition) is 0. The van der Waals surface area contributed by atoms with Gasteiger partial charge in [0.2, 0.25) is 0 Å². The highest BCUT2D eigenvalue weighted by atomic mass is 31.1. The normalized spacial score (nSPS) is 20.9. The maximum absolute atomic E-state index is 11.4. The maximum Gasteiger partial charge on any atom is 0.159 e. The van der Waals surface area contributed by atoms with Crippen LogP contribution in [0.4, 0.5) is 0 Å². The summed E-state index contributed by atoms with van der Waals surface area (Å²) in [4.78, 5) is 11.4. The number of hydrogen-bond acceptors (Lipinski definition) is 1. The molecular formula is C15H25OP. The summed E-state index contributed by atoms with van der Waals surface area (Å²) in [5, 5.41) is 0.594. The molecule has 1 nitrogen and oxygen atoms in total. The Kier molecular flexibility index (Phi) is 4.04. The Morgan fingerprint density at radius 3 is 1.88 bits per heavy atom. The summed E-state index contributed by atoms with van der Waals surface area (Å²) >= 11 is 0. The number of Topliss-reactive ketones (excluding diaryl/α,β-unsaturated/α-hetero) is 1. The molecule has 1 atom stereocenters. The summed E-state index contributed by atoms with van der Waals surface area (Å²) in [6.45, 7) is 15.5. The molecule has 0 N–H and O–H groups in total. The molecule has 0 heterocycles. The molecule has 0 aliphatic heterocycles. The predicted octanol–water partition coefficient (Wildman–Crippen LogP) is 4.52. The van der Waals surface area contributed by atoms with Gasteiger partial charge in [0, 0.05) is 11.2 Å². The molecule has 96 valence electrons. The molecule has 1 rings (SSSR count). The van der Waals surface area contributed by atoms with Crippen molar-refractivity contribution in [1.82, 2.24) is 0 Å². The van der Waals surface area contributed by atoms with Gasteiger partial charge in [-0.25, -0.2) is 0 Å². The van der Waals surface area contributed by atoms with Gasteiger partial charge >= 0.3 is 0 Å². The first-order valence-corrected chi connectivity index (χ1v) is 7.65. The molecule has 0 spiro atoms. The van der Waals surface area contributed by atoms with Gasteiger partial charge in [0.15, 0.2) is 5.78 Å². The Morgan fingerprint density at radius 1 is 1.12 bits per heavy atom. The summed E-state index contributed by atoms with van der Waals surface area (Å²) in [5.74, 6) is 0.182. The van der Waals surface area contributed by atoms with Crippen LogP contribution in [0.25, 0.3) is 0 Å². The van der Waals surface area contributed by atoms with Crippen LogP contribution in [-0.4, -0.2) is 21.8 Å². The van der Waals surface area contributed by atoms with Gasteiger partial charge in [-0.05, 0) is 17.2 Å². The molecule has 0 saturated carbocycles. The smallest absolute Gasteiger partial charge is 0.159 e. The second-order valence-electron chi connectivity index (χ2n) is 6.74. The Bertz CT molecular complexity index is 349. The van der Waals surface area contributed by atoms with Gasteiger partial charge in [-0.1, -0.05) is 67.7 Å². The Balaban J connectivity index is 3.05. The zero-order valence-corrected chi connectivity index (χ0v) is 13.1. The average Bonchev–Trinajstić information content (AvgIpc) is 2.46. The molecule has 1 aliphatic rings. The second kappa shape index (κ2) is 4.69. The highest BCUT2D eigenvalue weighted by Crippen LogP contribution is 2.63. The predicted molar refractivity (Wildman–Crippen MR) is 78.1 cm³/mol. The minimum absolute atomic E-state index is 0.182. The summed E-state index contributed by atoms with van der Waals surface area (Å²) < 4.78 is 0. The number of rotatable bonds is 2. The first-order valence-electron chi connectivity index (χ1n) is 6.24. The van der Waals surface area contributed by atoms with E-state index in [1.165, 1.54) is 0 Å². The number of allylic oxidation sites excluding steroid dienone is 4. The Labute approximate surface area is 107 Å². The van der Waals surface area contributed by atoms with E-state index in [9.17, 15) is 4.79 Å². The van der Waals surface area contributed by atoms with Crippen molar-refractivity contribution in [3.63, 3.8) is 0 Å². The fourth-order valence-electron chi connectivity index (χ4n) is 2.79. The average molecular weight is 252 g/mol. The van der Waals surface area contributed by atoms with Gasteiger partial charge in [-0.2, -0.15) is 0 Å². The quantitative estimate of drug-likeness (QED) is 0.660. The van der Waals surface area contributed by atoms with E-state index in [-0.39, 0.29) is 13.7 Å². The number of carbonyl (C=O) groups is 1. The zero-order chi connectivity index (χ0) is 13.4. The molecule has 0 aromatic carbocycles. The standard InChI is InChI=1S/C15H25OP/c1-11(16)12-8-9-13(10-12)17(14(2,3)4)15(5,6)7/h8-10,13H,1-7H3. The fourth-order valence-corrected chi connectivity index (χ4v) is 7.16. The van der Waals surface area contributed by atoms with Crippen molar-refractivity contribution in [3.05, 3.63) is 23.8 Å². The van der Waals surface area contributed by atoms with E-state index in [2.05, 4.69) is 53.7 Å². The maximum atomic E-state index is 11.4. The van der Waals surface area contributed by atoms with Crippen LogP contribution >= 0.6 is 7.92 Å². The third-order valence-corrected chi connectivity index (χ3v) is 6.78. The van der Waals surface area contributed by atoms with Crippen LogP contribution < -0.4 is 0 Å². The van der Waals surface area contributed by atoms with Crippen LogP contribution in [0.5, 0.6) is 0 Å². The molecule has 0 saturated heterocycles. The van der Waals surface area contributed by atoms with Crippen LogP contribution in [0, 0.1) is 0 Å². The molecule has 0 fully saturated rings. The lowest BCUT2D eigenvalue weighted by atomic mass is 10.2. The van der Waals surface area contributed by atoms with Crippen LogP contribution in [0.3, 0.4) is 0 Å². The van der Waals surface area contributed by atoms with Gasteiger partial charge in [-0.15, -0.1) is 0 Å². The summed E-state index contributed by atoms with van der Waals surface area (Å²) in [5.41, 5.74) is 1.33. The topological polar surface area (TPSA) is 17.1 Å². The van der Waals surface area contributed by atoms with Crippen LogP contribution in [-0.2, 0) is 4.79 Å². The molecule has 0 radical (unpaired) electrons. The molecular weight excluding hydrogens is 227 g/mol. The van der Waals surface area contributed by atoms with Crippen LogP contribution in [0.15, 0.2) is 23.8 Å². The molecule has 0 amide bonds. The van der Waals surface area contributed by atoms with Crippen molar-refractivity contribution in [2.45, 2.75) is 64.4 Å². The first-order chi connectivity index (χ1) is 7.53. The summed E-state index contributed by atoms with van der Waals surface area (Å²) in [6.07, 6.45) is 6.39. The molecule has 0 aromatic heterocycles. The first kappa shape index (κ1) is 14.6. The van der Waals surface area contributed by atoms with E-state index >= 15 is 0 Å². The van der Waals surface area contributed by atoms with E-state index < -0.39 is 0 Å². The number of carbonyl (C=O) groups excluding carboxylic acids is 1. The largest absolute Gasteiger partial charge is 0.295 e. The van der Waals surface area contributed by atoms with E-state index in [1.807, 2.05) is 6.08 Å². The molecule has 1 aliphatic carbocycles. The molecule has 2 heteroatoms. The Morgan fingerprint density at radius 2 is 1.59 bits per heavy atom. The van der Waals surface area contributed by atoms with Crippen molar-refractivity contribution in [1.29, 1.82) is 0 Å². The second-order valence-corrected chi connectivity index (χ2v) is 10.8. The highest BCUT2D eigenvalue weighted by Gasteiger charge is 2.39. The highest BCUT2D eigenvalue weighted by molar-refractivity contribution is 7.62. The lowest BCUT2D eigenvalue weighted by Gasteiger charge is -2.44. The van der Waals surface area contributed by atoms with Crippen molar-refractivity contribution < 1.29 is 4.79 Å². The molecule has 0 aromatic rings. The number of ketones is 1. The van der Waals surface area contributed by atoms with Gasteiger partial charge in [0.1, 0.15) is 0 Å². The van der Waals surface area contributed by atoms with E-state index in [0.29, 0.717) is 16.0 Å². The molecule has 17 heavy (non-hydrogen) atoms. The third kappa shape index (κ3) is 3.52. The zero-order valence-electron chi connectivity index (χ0n) is 12.2. The van der Waals surface area contributed by atoms with Crippen LogP contribution in [0.2, 0.25) is 0 Å². The van der Waals surface area contributed by atoms with Gasteiger partial charge in [-0.3, -0.25) is 4.79 Å². The van der Waals surface area contributed by atoms with Gasteiger partial charge in [0.25, 0.3) is 0 Å². The summed E-state index contributed by atoms with van der Waals surface area (Å²) in [6, 6.07) is 0.